The zero-order valence-electron chi connectivity index (χ0n) is 13.7. The second-order valence-electron chi connectivity index (χ2n) is 5.83. The maximum absolute atomic E-state index is 12.7. The SMILES string of the molecule is CCc1ccccc1NC1CC(=O)N(c2cccc(C(=O)O)c2)C1=O. The van der Waals surface area contributed by atoms with Crippen LogP contribution in [-0.2, 0) is 16.0 Å². The first-order valence-electron chi connectivity index (χ1n) is 8.06. The van der Waals surface area contributed by atoms with Crippen LogP contribution >= 0.6 is 0 Å². The lowest BCUT2D eigenvalue weighted by molar-refractivity contribution is -0.121. The van der Waals surface area contributed by atoms with Crippen LogP contribution in [0.15, 0.2) is 48.5 Å². The number of nitrogens with one attached hydrogen (secondary N) is 1. The Labute approximate surface area is 145 Å². The van der Waals surface area contributed by atoms with Crippen LogP contribution in [0, 0.1) is 0 Å². The Kier molecular flexibility index (Phi) is 4.52. The first-order valence-corrected chi connectivity index (χ1v) is 8.06. The fraction of sp³-hybridized carbons (Fsp3) is 0.211. The molecule has 1 aliphatic heterocycles. The number of aromatic carboxylic acids is 1. The van der Waals surface area contributed by atoms with Gasteiger partial charge in [0.1, 0.15) is 6.04 Å². The molecular formula is C19H18N2O4. The Morgan fingerprint density at radius 1 is 1.20 bits per heavy atom. The fourth-order valence-electron chi connectivity index (χ4n) is 2.95. The fourth-order valence-corrected chi connectivity index (χ4v) is 2.95. The molecule has 2 N–H and O–H groups in total. The molecular weight excluding hydrogens is 320 g/mol. The van der Waals surface area contributed by atoms with Gasteiger partial charge in [-0.15, -0.1) is 0 Å². The van der Waals surface area contributed by atoms with Crippen LogP contribution in [0.2, 0.25) is 0 Å². The summed E-state index contributed by atoms with van der Waals surface area (Å²) in [4.78, 5) is 37.2. The molecule has 0 saturated carbocycles. The average molecular weight is 338 g/mol. The minimum Gasteiger partial charge on any atom is -0.478 e. The summed E-state index contributed by atoms with van der Waals surface area (Å²) < 4.78 is 0. The van der Waals surface area contributed by atoms with Crippen molar-refractivity contribution in [1.29, 1.82) is 0 Å². The zero-order valence-corrected chi connectivity index (χ0v) is 13.7. The van der Waals surface area contributed by atoms with Crippen LogP contribution in [0.5, 0.6) is 0 Å². The van der Waals surface area contributed by atoms with E-state index in [9.17, 15) is 14.4 Å². The van der Waals surface area contributed by atoms with Crippen molar-refractivity contribution in [3.8, 4) is 0 Å². The Balaban J connectivity index is 1.85. The van der Waals surface area contributed by atoms with Gasteiger partial charge in [0.2, 0.25) is 5.91 Å². The second-order valence-corrected chi connectivity index (χ2v) is 5.83. The van der Waals surface area contributed by atoms with Crippen LogP contribution in [0.3, 0.4) is 0 Å². The van der Waals surface area contributed by atoms with E-state index < -0.39 is 12.0 Å². The molecule has 2 amide bonds. The monoisotopic (exact) mass is 338 g/mol. The van der Waals surface area contributed by atoms with Crippen LogP contribution < -0.4 is 10.2 Å². The van der Waals surface area contributed by atoms with Crippen LogP contribution in [0.25, 0.3) is 0 Å². The number of carbonyl (C=O) groups excluding carboxylic acids is 2. The summed E-state index contributed by atoms with van der Waals surface area (Å²) in [6.07, 6.45) is 0.844. The highest BCUT2D eigenvalue weighted by Crippen LogP contribution is 2.27. The lowest BCUT2D eigenvalue weighted by Gasteiger charge is -2.17. The number of carboxylic acids is 1. The molecule has 1 fully saturated rings. The molecule has 3 rings (SSSR count). The van der Waals surface area contributed by atoms with Gasteiger partial charge in [-0.3, -0.25) is 9.59 Å². The Morgan fingerprint density at radius 3 is 2.68 bits per heavy atom. The van der Waals surface area contributed by atoms with Crippen molar-refractivity contribution in [2.45, 2.75) is 25.8 Å². The van der Waals surface area contributed by atoms with Gasteiger partial charge in [0, 0.05) is 5.69 Å². The predicted molar refractivity (Wildman–Crippen MR) is 93.7 cm³/mol. The molecule has 0 spiro atoms. The molecule has 2 aromatic rings. The number of carboxylic acid groups (broad SMARTS) is 1. The van der Waals surface area contributed by atoms with Crippen molar-refractivity contribution in [2.75, 3.05) is 10.2 Å². The second kappa shape index (κ2) is 6.76. The Bertz CT molecular complexity index is 847. The highest BCUT2D eigenvalue weighted by molar-refractivity contribution is 6.23. The van der Waals surface area contributed by atoms with Gasteiger partial charge in [-0.1, -0.05) is 31.2 Å². The van der Waals surface area contributed by atoms with E-state index in [-0.39, 0.29) is 29.5 Å². The van der Waals surface area contributed by atoms with Gasteiger partial charge >= 0.3 is 5.97 Å². The molecule has 6 nitrogen and oxygen atoms in total. The minimum atomic E-state index is -1.10. The summed E-state index contributed by atoms with van der Waals surface area (Å²) >= 11 is 0. The third-order valence-electron chi connectivity index (χ3n) is 4.23. The van der Waals surface area contributed by atoms with Gasteiger partial charge in [0.15, 0.2) is 0 Å². The summed E-state index contributed by atoms with van der Waals surface area (Å²) in [5.74, 6) is -1.83. The summed E-state index contributed by atoms with van der Waals surface area (Å²) in [5, 5.41) is 12.2. The van der Waals surface area contributed by atoms with Gasteiger partial charge < -0.3 is 10.4 Å². The van der Waals surface area contributed by atoms with E-state index in [1.54, 1.807) is 6.07 Å². The quantitative estimate of drug-likeness (QED) is 0.819. The summed E-state index contributed by atoms with van der Waals surface area (Å²) in [6.45, 7) is 2.02. The van der Waals surface area contributed by atoms with Gasteiger partial charge in [-0.25, -0.2) is 9.69 Å². The molecule has 0 radical (unpaired) electrons. The Hall–Kier alpha value is -3.15. The van der Waals surface area contributed by atoms with Crippen molar-refractivity contribution >= 4 is 29.2 Å². The molecule has 1 unspecified atom stereocenters. The number of benzene rings is 2. The van der Waals surface area contributed by atoms with Crippen LogP contribution in [0.4, 0.5) is 11.4 Å². The van der Waals surface area contributed by atoms with E-state index in [4.69, 9.17) is 5.11 Å². The van der Waals surface area contributed by atoms with Gasteiger partial charge in [-0.05, 0) is 36.2 Å². The highest BCUT2D eigenvalue weighted by atomic mass is 16.4. The van der Waals surface area contributed by atoms with Crippen molar-refractivity contribution in [3.63, 3.8) is 0 Å². The molecule has 1 aliphatic rings. The lowest BCUT2D eigenvalue weighted by atomic mass is 10.1. The number of rotatable bonds is 5. The average Bonchev–Trinajstić information content (AvgIpc) is 2.89. The molecule has 0 bridgehead atoms. The molecule has 0 aromatic heterocycles. The minimum absolute atomic E-state index is 0.0332. The number of aryl methyl sites for hydroxylation is 1. The molecule has 25 heavy (non-hydrogen) atoms. The third-order valence-corrected chi connectivity index (χ3v) is 4.23. The molecule has 6 heteroatoms. The number of para-hydroxylation sites is 1. The van der Waals surface area contributed by atoms with Crippen molar-refractivity contribution in [1.82, 2.24) is 0 Å². The van der Waals surface area contributed by atoms with Crippen LogP contribution in [-0.4, -0.2) is 28.9 Å². The molecule has 2 aromatic carbocycles. The van der Waals surface area contributed by atoms with E-state index >= 15 is 0 Å². The zero-order chi connectivity index (χ0) is 18.0. The predicted octanol–water partition coefficient (Wildman–Crippen LogP) is 2.69. The van der Waals surface area contributed by atoms with Gasteiger partial charge in [0.25, 0.3) is 5.91 Å². The summed E-state index contributed by atoms with van der Waals surface area (Å²) in [7, 11) is 0. The van der Waals surface area contributed by atoms with Gasteiger partial charge in [-0.2, -0.15) is 0 Å². The van der Waals surface area contributed by atoms with E-state index in [0.717, 1.165) is 22.6 Å². The number of carbonyl (C=O) groups is 3. The van der Waals surface area contributed by atoms with Crippen molar-refractivity contribution in [3.05, 3.63) is 59.7 Å². The largest absolute Gasteiger partial charge is 0.478 e. The maximum Gasteiger partial charge on any atom is 0.335 e. The van der Waals surface area contributed by atoms with Crippen molar-refractivity contribution < 1.29 is 19.5 Å². The lowest BCUT2D eigenvalue weighted by Crippen LogP contribution is -2.35. The molecule has 1 saturated heterocycles. The van der Waals surface area contributed by atoms with E-state index in [2.05, 4.69) is 5.32 Å². The van der Waals surface area contributed by atoms with E-state index in [1.165, 1.54) is 18.2 Å². The summed E-state index contributed by atoms with van der Waals surface area (Å²) in [5.41, 5.74) is 2.21. The first-order chi connectivity index (χ1) is 12.0. The number of nitrogens with zero attached hydrogens (tertiary/aromatic N) is 1. The standard InChI is InChI=1S/C19H18N2O4/c1-2-12-6-3-4-9-15(12)20-16-11-17(22)21(18(16)23)14-8-5-7-13(10-14)19(24)25/h3-10,16,20H,2,11H2,1H3,(H,24,25). The van der Waals surface area contributed by atoms with E-state index in [0.29, 0.717) is 0 Å². The topological polar surface area (TPSA) is 86.7 Å². The number of amides is 2. The third kappa shape index (κ3) is 3.24. The van der Waals surface area contributed by atoms with Crippen LogP contribution in [0.1, 0.15) is 29.3 Å². The number of hydrogen-bond donors (Lipinski definition) is 2. The number of anilines is 2. The molecule has 1 heterocycles. The maximum atomic E-state index is 12.7. The molecule has 0 aliphatic carbocycles. The normalized spacial score (nSPS) is 17.0. The summed E-state index contributed by atoms with van der Waals surface area (Å²) in [6, 6.07) is 12.8. The Morgan fingerprint density at radius 2 is 1.96 bits per heavy atom. The molecule has 128 valence electrons. The highest BCUT2D eigenvalue weighted by Gasteiger charge is 2.39. The number of hydrogen-bond acceptors (Lipinski definition) is 4. The van der Waals surface area contributed by atoms with E-state index in [1.807, 2.05) is 31.2 Å². The smallest absolute Gasteiger partial charge is 0.335 e. The van der Waals surface area contributed by atoms with Gasteiger partial charge in [0.05, 0.1) is 17.7 Å². The first kappa shape index (κ1) is 16.7. The molecule has 1 atom stereocenters. The number of imide groups is 1. The van der Waals surface area contributed by atoms with Crippen molar-refractivity contribution in [2.24, 2.45) is 0 Å².